The van der Waals surface area contributed by atoms with E-state index in [0.717, 1.165) is 11.1 Å². The summed E-state index contributed by atoms with van der Waals surface area (Å²) in [6, 6.07) is 5.62. The van der Waals surface area contributed by atoms with Gasteiger partial charge in [0.2, 0.25) is 0 Å². The average Bonchev–Trinajstić information content (AvgIpc) is 2.74. The predicted octanol–water partition coefficient (Wildman–Crippen LogP) is 1.68. The van der Waals surface area contributed by atoms with Crippen LogP contribution in [-0.2, 0) is 0 Å². The largest absolute Gasteiger partial charge is 0.493 e. The highest BCUT2D eigenvalue weighted by Crippen LogP contribution is 2.39. The van der Waals surface area contributed by atoms with E-state index in [0.29, 0.717) is 17.3 Å². The van der Waals surface area contributed by atoms with Crippen LogP contribution in [0.25, 0.3) is 11.1 Å². The first-order valence-electron chi connectivity index (χ1n) is 4.78. The van der Waals surface area contributed by atoms with Gasteiger partial charge in [0.05, 0.1) is 20.4 Å². The smallest absolute Gasteiger partial charge is 0.168 e. The van der Waals surface area contributed by atoms with E-state index >= 15 is 0 Å². The lowest BCUT2D eigenvalue weighted by molar-refractivity contribution is 0.356. The van der Waals surface area contributed by atoms with Gasteiger partial charge in [-0.15, -0.1) is 0 Å². The number of nitrogens with zero attached hydrogens (tertiary/aromatic N) is 1. The number of methoxy groups -OCH3 is 2. The van der Waals surface area contributed by atoms with Crippen molar-refractivity contribution in [1.29, 1.82) is 0 Å². The van der Waals surface area contributed by atoms with E-state index < -0.39 is 0 Å². The molecule has 3 N–H and O–H groups in total. The Bertz CT molecular complexity index is 494. The minimum absolute atomic E-state index is 0.506. The Hall–Kier alpha value is -2.17. The van der Waals surface area contributed by atoms with E-state index in [1.807, 2.05) is 18.2 Å². The van der Waals surface area contributed by atoms with Crippen molar-refractivity contribution in [2.24, 2.45) is 0 Å². The maximum Gasteiger partial charge on any atom is 0.168 e. The fourth-order valence-corrected chi connectivity index (χ4v) is 1.61. The number of hydrogen-bond donors (Lipinski definition) is 2. The van der Waals surface area contributed by atoms with Gasteiger partial charge in [-0.25, -0.2) is 0 Å². The molecular formula is C11H13N3O2. The van der Waals surface area contributed by atoms with Gasteiger partial charge in [0.1, 0.15) is 5.82 Å². The van der Waals surface area contributed by atoms with Crippen molar-refractivity contribution >= 4 is 5.82 Å². The third kappa shape index (κ3) is 1.56. The number of para-hydroxylation sites is 1. The Morgan fingerprint density at radius 2 is 2.00 bits per heavy atom. The zero-order chi connectivity index (χ0) is 11.5. The van der Waals surface area contributed by atoms with Crippen LogP contribution in [-0.4, -0.2) is 24.4 Å². The summed E-state index contributed by atoms with van der Waals surface area (Å²) in [7, 11) is 3.19. The highest BCUT2D eigenvalue weighted by molar-refractivity contribution is 5.80. The first kappa shape index (κ1) is 10.4. The molecule has 16 heavy (non-hydrogen) atoms. The highest BCUT2D eigenvalue weighted by atomic mass is 16.5. The number of hydrogen-bond acceptors (Lipinski definition) is 4. The molecule has 0 saturated heterocycles. The Balaban J connectivity index is 2.61. The minimum atomic E-state index is 0.506. The second-order valence-electron chi connectivity index (χ2n) is 3.24. The monoisotopic (exact) mass is 219 g/mol. The summed E-state index contributed by atoms with van der Waals surface area (Å²) in [5, 5.41) is 6.57. The number of nitrogens with one attached hydrogen (secondary N) is 1. The molecule has 0 atom stereocenters. The number of nitrogens with two attached hydrogens (primary N) is 1. The SMILES string of the molecule is COc1cccc(-c2cn[nH]c2N)c1OC. The second-order valence-corrected chi connectivity index (χ2v) is 3.24. The Kier molecular flexibility index (Phi) is 2.68. The van der Waals surface area contributed by atoms with E-state index in [-0.39, 0.29) is 0 Å². The number of rotatable bonds is 3. The maximum atomic E-state index is 5.77. The summed E-state index contributed by atoms with van der Waals surface area (Å²) in [5.41, 5.74) is 7.43. The normalized spacial score (nSPS) is 10.1. The molecule has 1 aromatic heterocycles. The Morgan fingerprint density at radius 1 is 1.19 bits per heavy atom. The van der Waals surface area contributed by atoms with Crippen LogP contribution in [0.5, 0.6) is 11.5 Å². The second kappa shape index (κ2) is 4.14. The van der Waals surface area contributed by atoms with E-state index in [2.05, 4.69) is 10.2 Å². The van der Waals surface area contributed by atoms with Crippen LogP contribution in [0.2, 0.25) is 0 Å². The highest BCUT2D eigenvalue weighted by Gasteiger charge is 2.14. The summed E-state index contributed by atoms with van der Waals surface area (Å²) in [6.07, 6.45) is 1.66. The van der Waals surface area contributed by atoms with Gasteiger partial charge in [-0.2, -0.15) is 5.10 Å². The lowest BCUT2D eigenvalue weighted by atomic mass is 10.1. The molecule has 5 heteroatoms. The maximum absolute atomic E-state index is 5.77. The van der Waals surface area contributed by atoms with Gasteiger partial charge in [-0.1, -0.05) is 12.1 Å². The summed E-state index contributed by atoms with van der Waals surface area (Å²) in [4.78, 5) is 0. The summed E-state index contributed by atoms with van der Waals surface area (Å²) in [5.74, 6) is 1.82. The number of anilines is 1. The van der Waals surface area contributed by atoms with Gasteiger partial charge in [0.15, 0.2) is 11.5 Å². The summed E-state index contributed by atoms with van der Waals surface area (Å²) >= 11 is 0. The van der Waals surface area contributed by atoms with Gasteiger partial charge >= 0.3 is 0 Å². The van der Waals surface area contributed by atoms with E-state index in [4.69, 9.17) is 15.2 Å². The average molecular weight is 219 g/mol. The molecule has 5 nitrogen and oxygen atoms in total. The van der Waals surface area contributed by atoms with E-state index in [9.17, 15) is 0 Å². The molecule has 2 aromatic rings. The van der Waals surface area contributed by atoms with Crippen molar-refractivity contribution in [2.75, 3.05) is 20.0 Å². The molecular weight excluding hydrogens is 206 g/mol. The van der Waals surface area contributed by atoms with Crippen molar-refractivity contribution in [2.45, 2.75) is 0 Å². The molecule has 1 aromatic carbocycles. The molecule has 1 heterocycles. The molecule has 0 radical (unpaired) electrons. The molecule has 0 unspecified atom stereocenters. The van der Waals surface area contributed by atoms with Gasteiger partial charge < -0.3 is 15.2 Å². The number of H-pyrrole nitrogens is 1. The number of ether oxygens (including phenoxy) is 2. The molecule has 0 spiro atoms. The first-order chi connectivity index (χ1) is 7.77. The molecule has 0 fully saturated rings. The van der Waals surface area contributed by atoms with Crippen molar-refractivity contribution < 1.29 is 9.47 Å². The number of benzene rings is 1. The molecule has 0 aliphatic rings. The van der Waals surface area contributed by atoms with Crippen LogP contribution in [0, 0.1) is 0 Å². The van der Waals surface area contributed by atoms with Crippen LogP contribution in [0.3, 0.4) is 0 Å². The van der Waals surface area contributed by atoms with Gasteiger partial charge in [-0.05, 0) is 6.07 Å². The summed E-state index contributed by atoms with van der Waals surface area (Å²) < 4.78 is 10.5. The molecule has 0 amide bonds. The van der Waals surface area contributed by atoms with E-state index in [1.54, 1.807) is 20.4 Å². The van der Waals surface area contributed by atoms with Crippen LogP contribution in [0.4, 0.5) is 5.82 Å². The molecule has 0 saturated carbocycles. The lowest BCUT2D eigenvalue weighted by Gasteiger charge is -2.11. The standard InChI is InChI=1S/C11H13N3O2/c1-15-9-5-3-4-7(10(9)16-2)8-6-13-14-11(8)12/h3-6H,1-2H3,(H3,12,13,14). The third-order valence-corrected chi connectivity index (χ3v) is 2.36. The van der Waals surface area contributed by atoms with Gasteiger partial charge in [-0.3, -0.25) is 5.10 Å². The summed E-state index contributed by atoms with van der Waals surface area (Å²) in [6.45, 7) is 0. The molecule has 0 aliphatic carbocycles. The topological polar surface area (TPSA) is 73.2 Å². The number of nitrogen functional groups attached to an aromatic ring is 1. The van der Waals surface area contributed by atoms with Crippen LogP contribution in [0.15, 0.2) is 24.4 Å². The predicted molar refractivity (Wildman–Crippen MR) is 61.5 cm³/mol. The minimum Gasteiger partial charge on any atom is -0.493 e. The first-order valence-corrected chi connectivity index (χ1v) is 4.78. The van der Waals surface area contributed by atoms with Crippen LogP contribution < -0.4 is 15.2 Å². The fraction of sp³-hybridized carbons (Fsp3) is 0.182. The Labute approximate surface area is 93.2 Å². The molecule has 84 valence electrons. The van der Waals surface area contributed by atoms with Crippen molar-refractivity contribution in [3.8, 4) is 22.6 Å². The molecule has 2 rings (SSSR count). The fourth-order valence-electron chi connectivity index (χ4n) is 1.61. The van der Waals surface area contributed by atoms with Crippen molar-refractivity contribution in [3.05, 3.63) is 24.4 Å². The zero-order valence-corrected chi connectivity index (χ0v) is 9.15. The Morgan fingerprint density at radius 3 is 2.56 bits per heavy atom. The number of aromatic amines is 1. The lowest BCUT2D eigenvalue weighted by Crippen LogP contribution is -1.94. The molecule has 0 aliphatic heterocycles. The number of aromatic nitrogens is 2. The van der Waals surface area contributed by atoms with Crippen molar-refractivity contribution in [3.63, 3.8) is 0 Å². The third-order valence-electron chi connectivity index (χ3n) is 2.36. The van der Waals surface area contributed by atoms with Crippen LogP contribution >= 0.6 is 0 Å². The quantitative estimate of drug-likeness (QED) is 0.823. The van der Waals surface area contributed by atoms with E-state index in [1.165, 1.54) is 0 Å². The molecule has 0 bridgehead atoms. The van der Waals surface area contributed by atoms with Gasteiger partial charge in [0.25, 0.3) is 0 Å². The zero-order valence-electron chi connectivity index (χ0n) is 9.15. The van der Waals surface area contributed by atoms with Gasteiger partial charge in [0, 0.05) is 11.1 Å². The van der Waals surface area contributed by atoms with Crippen molar-refractivity contribution in [1.82, 2.24) is 10.2 Å². The van der Waals surface area contributed by atoms with Crippen LogP contribution in [0.1, 0.15) is 0 Å².